The molecule has 0 saturated carbocycles. The van der Waals surface area contributed by atoms with Crippen molar-refractivity contribution in [1.82, 2.24) is 4.98 Å². The molecule has 116 valence electrons. The molecule has 0 unspecified atom stereocenters. The molecule has 0 fully saturated rings. The molecule has 2 heterocycles. The van der Waals surface area contributed by atoms with Crippen LogP contribution in [0.3, 0.4) is 0 Å². The molecule has 1 amide bonds. The second-order valence-corrected chi connectivity index (χ2v) is 6.91. The summed E-state index contributed by atoms with van der Waals surface area (Å²) in [6.45, 7) is 1.43. The fourth-order valence-electron chi connectivity index (χ4n) is 2.19. The second kappa shape index (κ2) is 6.44. The first-order valence-corrected chi connectivity index (χ1v) is 8.64. The Kier molecular flexibility index (Phi) is 4.56. The number of benzene rings is 1. The first-order valence-electron chi connectivity index (χ1n) is 6.59. The highest BCUT2D eigenvalue weighted by atomic mass is 79.9. The molecule has 0 saturated heterocycles. The summed E-state index contributed by atoms with van der Waals surface area (Å²) >= 11 is 11.0. The second-order valence-electron chi connectivity index (χ2n) is 4.77. The van der Waals surface area contributed by atoms with Gasteiger partial charge in [0.25, 0.3) is 0 Å². The standard InChI is InChI=1S/C14H13BrClN3O2S/c1-18(14-17-2-5-22-14)13(20)8-19-3-4-21-12-6-9(15)10(16)7-11(12)19/h2,5-7H,3-4,8H2,1H3. The Morgan fingerprint density at radius 3 is 3.14 bits per heavy atom. The maximum absolute atomic E-state index is 12.4. The lowest BCUT2D eigenvalue weighted by Crippen LogP contribution is -2.42. The van der Waals surface area contributed by atoms with Crippen LogP contribution in [0.25, 0.3) is 0 Å². The van der Waals surface area contributed by atoms with Crippen molar-refractivity contribution >= 4 is 55.6 Å². The maximum Gasteiger partial charge on any atom is 0.248 e. The first kappa shape index (κ1) is 15.6. The first-order chi connectivity index (χ1) is 10.6. The number of rotatable bonds is 3. The van der Waals surface area contributed by atoms with Crippen LogP contribution in [-0.2, 0) is 4.79 Å². The monoisotopic (exact) mass is 401 g/mol. The molecule has 2 aromatic rings. The average Bonchev–Trinajstić information content (AvgIpc) is 3.02. The molecule has 22 heavy (non-hydrogen) atoms. The molecule has 5 nitrogen and oxygen atoms in total. The van der Waals surface area contributed by atoms with Gasteiger partial charge in [0.2, 0.25) is 5.91 Å². The van der Waals surface area contributed by atoms with E-state index in [1.165, 1.54) is 11.3 Å². The van der Waals surface area contributed by atoms with Crippen LogP contribution in [0.2, 0.25) is 5.02 Å². The van der Waals surface area contributed by atoms with Crippen molar-refractivity contribution in [3.63, 3.8) is 0 Å². The Balaban J connectivity index is 1.80. The zero-order valence-electron chi connectivity index (χ0n) is 11.8. The number of aromatic nitrogens is 1. The van der Waals surface area contributed by atoms with E-state index >= 15 is 0 Å². The molecule has 0 N–H and O–H groups in total. The van der Waals surface area contributed by atoms with Gasteiger partial charge in [-0.05, 0) is 28.1 Å². The van der Waals surface area contributed by atoms with Crippen LogP contribution < -0.4 is 14.5 Å². The number of carbonyl (C=O) groups excluding carboxylic acids is 1. The molecule has 1 aromatic heterocycles. The van der Waals surface area contributed by atoms with Crippen molar-refractivity contribution in [2.75, 3.05) is 36.5 Å². The van der Waals surface area contributed by atoms with Crippen LogP contribution >= 0.6 is 38.9 Å². The predicted octanol–water partition coefficient (Wildman–Crippen LogP) is 3.42. The molecule has 1 aromatic carbocycles. The van der Waals surface area contributed by atoms with Gasteiger partial charge in [-0.15, -0.1) is 11.3 Å². The van der Waals surface area contributed by atoms with E-state index in [0.717, 1.165) is 15.9 Å². The lowest BCUT2D eigenvalue weighted by molar-refractivity contribution is -0.117. The van der Waals surface area contributed by atoms with Crippen molar-refractivity contribution in [2.45, 2.75) is 0 Å². The summed E-state index contributed by atoms with van der Waals surface area (Å²) in [7, 11) is 1.73. The number of halogens is 2. The SMILES string of the molecule is CN(C(=O)CN1CCOc2cc(Br)c(Cl)cc21)c1nccs1. The topological polar surface area (TPSA) is 45.7 Å². The van der Waals surface area contributed by atoms with Gasteiger partial charge in [-0.25, -0.2) is 4.98 Å². The third-order valence-electron chi connectivity index (χ3n) is 3.37. The quantitative estimate of drug-likeness (QED) is 0.789. The minimum absolute atomic E-state index is 0.0261. The number of likely N-dealkylation sites (N-methyl/N-ethyl adjacent to an activating group) is 1. The van der Waals surface area contributed by atoms with Crippen LogP contribution in [0.5, 0.6) is 5.75 Å². The molecule has 8 heteroatoms. The van der Waals surface area contributed by atoms with E-state index in [1.807, 2.05) is 22.4 Å². The minimum Gasteiger partial charge on any atom is -0.490 e. The van der Waals surface area contributed by atoms with E-state index in [9.17, 15) is 4.79 Å². The van der Waals surface area contributed by atoms with E-state index in [4.69, 9.17) is 16.3 Å². The highest BCUT2D eigenvalue weighted by molar-refractivity contribution is 9.10. The van der Waals surface area contributed by atoms with Crippen molar-refractivity contribution in [3.05, 3.63) is 33.2 Å². The minimum atomic E-state index is -0.0261. The van der Waals surface area contributed by atoms with E-state index < -0.39 is 0 Å². The van der Waals surface area contributed by atoms with E-state index in [1.54, 1.807) is 18.1 Å². The van der Waals surface area contributed by atoms with Crippen molar-refractivity contribution < 1.29 is 9.53 Å². The summed E-state index contributed by atoms with van der Waals surface area (Å²) in [5.41, 5.74) is 0.834. The lowest BCUT2D eigenvalue weighted by Gasteiger charge is -2.32. The summed E-state index contributed by atoms with van der Waals surface area (Å²) in [5.74, 6) is 0.703. The number of amides is 1. The number of thiazole rings is 1. The molecule has 0 aliphatic carbocycles. The fraction of sp³-hybridized carbons (Fsp3) is 0.286. The fourth-order valence-corrected chi connectivity index (χ4v) is 3.29. The molecular weight excluding hydrogens is 390 g/mol. The molecule has 1 aliphatic rings. The Morgan fingerprint density at radius 2 is 2.41 bits per heavy atom. The number of hydrogen-bond acceptors (Lipinski definition) is 5. The van der Waals surface area contributed by atoms with Crippen LogP contribution in [0, 0.1) is 0 Å². The molecule has 3 rings (SSSR count). The smallest absolute Gasteiger partial charge is 0.248 e. The molecule has 0 radical (unpaired) electrons. The van der Waals surface area contributed by atoms with Crippen molar-refractivity contribution in [1.29, 1.82) is 0 Å². The summed E-state index contributed by atoms with van der Waals surface area (Å²) < 4.78 is 6.42. The lowest BCUT2D eigenvalue weighted by atomic mass is 10.2. The number of fused-ring (bicyclic) bond motifs is 1. The summed E-state index contributed by atoms with van der Waals surface area (Å²) in [6, 6.07) is 3.65. The van der Waals surface area contributed by atoms with Gasteiger partial charge in [0.05, 0.1) is 23.8 Å². The molecule has 1 aliphatic heterocycles. The van der Waals surface area contributed by atoms with E-state index in [0.29, 0.717) is 23.3 Å². The summed E-state index contributed by atoms with van der Waals surface area (Å²) in [6.07, 6.45) is 1.69. The number of carbonyl (C=O) groups is 1. The van der Waals surface area contributed by atoms with Crippen LogP contribution in [0.1, 0.15) is 0 Å². The number of nitrogens with zero attached hydrogens (tertiary/aromatic N) is 3. The largest absolute Gasteiger partial charge is 0.490 e. The van der Waals surface area contributed by atoms with Crippen LogP contribution in [0.4, 0.5) is 10.8 Å². The third kappa shape index (κ3) is 3.06. The third-order valence-corrected chi connectivity index (χ3v) is 5.41. The van der Waals surface area contributed by atoms with Gasteiger partial charge in [-0.1, -0.05) is 11.6 Å². The maximum atomic E-state index is 12.4. The zero-order valence-corrected chi connectivity index (χ0v) is 14.9. The van der Waals surface area contributed by atoms with Crippen LogP contribution in [-0.4, -0.2) is 37.6 Å². The molecule has 0 atom stereocenters. The van der Waals surface area contributed by atoms with E-state index in [-0.39, 0.29) is 12.5 Å². The van der Waals surface area contributed by atoms with Gasteiger partial charge < -0.3 is 9.64 Å². The average molecular weight is 403 g/mol. The Hall–Kier alpha value is -1.31. The van der Waals surface area contributed by atoms with Gasteiger partial charge >= 0.3 is 0 Å². The summed E-state index contributed by atoms with van der Waals surface area (Å²) in [4.78, 5) is 20.1. The van der Waals surface area contributed by atoms with Gasteiger partial charge in [-0.3, -0.25) is 9.69 Å². The number of hydrogen-bond donors (Lipinski definition) is 0. The Morgan fingerprint density at radius 1 is 1.59 bits per heavy atom. The van der Waals surface area contributed by atoms with Gasteiger partial charge in [0.15, 0.2) is 5.13 Å². The highest BCUT2D eigenvalue weighted by Crippen LogP contribution is 2.38. The molecule has 0 spiro atoms. The van der Waals surface area contributed by atoms with Gasteiger partial charge in [-0.2, -0.15) is 0 Å². The molecule has 0 bridgehead atoms. The summed E-state index contributed by atoms with van der Waals surface area (Å²) in [5, 5.41) is 3.13. The van der Waals surface area contributed by atoms with Gasteiger partial charge in [0, 0.05) is 23.1 Å². The van der Waals surface area contributed by atoms with Crippen molar-refractivity contribution in [2.24, 2.45) is 0 Å². The van der Waals surface area contributed by atoms with Crippen molar-refractivity contribution in [3.8, 4) is 5.75 Å². The normalized spacial score (nSPS) is 13.5. The zero-order chi connectivity index (χ0) is 15.7. The van der Waals surface area contributed by atoms with E-state index in [2.05, 4.69) is 20.9 Å². The van der Waals surface area contributed by atoms with Gasteiger partial charge in [0.1, 0.15) is 12.4 Å². The highest BCUT2D eigenvalue weighted by Gasteiger charge is 2.24. The Labute approximate surface area is 145 Å². The molecular formula is C14H13BrClN3O2S. The van der Waals surface area contributed by atoms with Crippen LogP contribution in [0.15, 0.2) is 28.2 Å². The Bertz CT molecular complexity index is 696. The predicted molar refractivity (Wildman–Crippen MR) is 92.4 cm³/mol. The number of ether oxygens (including phenoxy) is 1. The number of anilines is 2.